The molecular formula is C29H26F3N7O3. The summed E-state index contributed by atoms with van der Waals surface area (Å²) in [7, 11) is 0. The number of benzene rings is 3. The minimum Gasteiger partial charge on any atom is -0.394 e. The molecule has 0 radical (unpaired) electrons. The number of para-hydroxylation sites is 2. The average molecular weight is 578 g/mol. The SMILES string of the molecule is Cc1ccc(NC(=O)c2cccc(C(F)(F)F)c2)cc1Nc1nc2ccccc2n1-c1cc(NCC(O)CO)ncn1. The van der Waals surface area contributed by atoms with Crippen LogP contribution >= 0.6 is 0 Å². The third-order valence-corrected chi connectivity index (χ3v) is 6.37. The molecule has 0 bridgehead atoms. The largest absolute Gasteiger partial charge is 0.416 e. The fourth-order valence-corrected chi connectivity index (χ4v) is 4.19. The highest BCUT2D eigenvalue weighted by Gasteiger charge is 2.31. The van der Waals surface area contributed by atoms with E-state index in [4.69, 9.17) is 10.1 Å². The van der Waals surface area contributed by atoms with Gasteiger partial charge in [-0.2, -0.15) is 13.2 Å². The van der Waals surface area contributed by atoms with Crippen molar-refractivity contribution in [2.24, 2.45) is 0 Å². The van der Waals surface area contributed by atoms with E-state index in [1.165, 1.54) is 18.5 Å². The molecule has 0 spiro atoms. The molecule has 2 heterocycles. The molecule has 0 saturated heterocycles. The zero-order valence-electron chi connectivity index (χ0n) is 22.2. The number of anilines is 4. The van der Waals surface area contributed by atoms with Crippen LogP contribution in [0.1, 0.15) is 21.5 Å². The standard InChI is InChI=1S/C29H26F3N7O3/c1-17-9-10-20(36-27(42)18-5-4-6-19(11-18)29(30,31)32)12-23(17)38-28-37-22-7-2-3-8-24(22)39(28)26-13-25(34-16-35-26)33-14-21(41)15-40/h2-13,16,21,40-41H,14-15H2,1H3,(H,36,42)(H,37,38)(H,33,34,35). The van der Waals surface area contributed by atoms with Crippen LogP contribution < -0.4 is 16.0 Å². The van der Waals surface area contributed by atoms with Gasteiger partial charge in [-0.15, -0.1) is 0 Å². The number of nitrogens with zero attached hydrogens (tertiary/aromatic N) is 4. The number of amides is 1. The Kier molecular flexibility index (Phi) is 8.04. The molecule has 1 atom stereocenters. The van der Waals surface area contributed by atoms with Gasteiger partial charge in [-0.25, -0.2) is 15.0 Å². The third kappa shape index (κ3) is 6.32. The summed E-state index contributed by atoms with van der Waals surface area (Å²) < 4.78 is 41.1. The first-order chi connectivity index (χ1) is 20.1. The Bertz CT molecular complexity index is 1740. The number of carbonyl (C=O) groups is 1. The normalized spacial score (nSPS) is 12.2. The molecule has 5 rings (SSSR count). The van der Waals surface area contributed by atoms with E-state index in [-0.39, 0.29) is 12.1 Å². The number of aliphatic hydroxyl groups is 2. The number of hydrogen-bond donors (Lipinski definition) is 5. The fourth-order valence-electron chi connectivity index (χ4n) is 4.19. The van der Waals surface area contributed by atoms with Gasteiger partial charge in [0.1, 0.15) is 18.0 Å². The number of imidazole rings is 1. The van der Waals surface area contributed by atoms with Gasteiger partial charge in [0.05, 0.1) is 29.3 Å². The van der Waals surface area contributed by atoms with E-state index in [1.807, 2.05) is 31.2 Å². The first kappa shape index (κ1) is 28.5. The number of aryl methyl sites for hydroxylation is 1. The molecule has 42 heavy (non-hydrogen) atoms. The molecule has 216 valence electrons. The van der Waals surface area contributed by atoms with Gasteiger partial charge in [-0.05, 0) is 55.0 Å². The number of nitrogens with one attached hydrogen (secondary N) is 3. The minimum atomic E-state index is -4.57. The van der Waals surface area contributed by atoms with E-state index in [2.05, 4.69) is 25.9 Å². The molecule has 0 saturated carbocycles. The van der Waals surface area contributed by atoms with E-state index >= 15 is 0 Å². The molecular weight excluding hydrogens is 551 g/mol. The summed E-state index contributed by atoms with van der Waals surface area (Å²) in [6, 6.07) is 18.4. The summed E-state index contributed by atoms with van der Waals surface area (Å²) in [5.41, 5.74) is 2.15. The Hall–Kier alpha value is -5.01. The van der Waals surface area contributed by atoms with Gasteiger partial charge in [0.25, 0.3) is 5.91 Å². The Labute approximate surface area is 237 Å². The second-order valence-corrected chi connectivity index (χ2v) is 9.43. The number of halogens is 3. The Morgan fingerprint density at radius 2 is 1.83 bits per heavy atom. The lowest BCUT2D eigenvalue weighted by atomic mass is 10.1. The molecule has 5 aromatic rings. The van der Waals surface area contributed by atoms with Crippen molar-refractivity contribution >= 4 is 40.1 Å². The second-order valence-electron chi connectivity index (χ2n) is 9.43. The average Bonchev–Trinajstić information content (AvgIpc) is 3.35. The lowest BCUT2D eigenvalue weighted by molar-refractivity contribution is -0.137. The third-order valence-electron chi connectivity index (χ3n) is 6.37. The molecule has 2 aromatic heterocycles. The van der Waals surface area contributed by atoms with Crippen molar-refractivity contribution in [2.45, 2.75) is 19.2 Å². The van der Waals surface area contributed by atoms with Gasteiger partial charge in [-0.3, -0.25) is 9.36 Å². The Balaban J connectivity index is 1.45. The van der Waals surface area contributed by atoms with Crippen LogP contribution in [0.15, 0.2) is 79.1 Å². The van der Waals surface area contributed by atoms with Gasteiger partial charge in [0.2, 0.25) is 5.95 Å². The van der Waals surface area contributed by atoms with Crippen molar-refractivity contribution in [3.63, 3.8) is 0 Å². The molecule has 13 heteroatoms. The zero-order chi connectivity index (χ0) is 29.9. The molecule has 3 aromatic carbocycles. The van der Waals surface area contributed by atoms with Crippen LogP contribution in [0.3, 0.4) is 0 Å². The Morgan fingerprint density at radius 1 is 1.02 bits per heavy atom. The maximum atomic E-state index is 13.1. The summed E-state index contributed by atoms with van der Waals surface area (Å²) in [5.74, 6) is 0.608. The monoisotopic (exact) mass is 577 g/mol. The van der Waals surface area contributed by atoms with Crippen LogP contribution in [0.2, 0.25) is 0 Å². The summed E-state index contributed by atoms with van der Waals surface area (Å²) in [5, 5.41) is 27.7. The topological polar surface area (TPSA) is 137 Å². The van der Waals surface area contributed by atoms with Crippen molar-refractivity contribution in [1.82, 2.24) is 19.5 Å². The lowest BCUT2D eigenvalue weighted by Crippen LogP contribution is -2.23. The maximum Gasteiger partial charge on any atom is 0.416 e. The number of aromatic nitrogens is 4. The number of fused-ring (bicyclic) bond motifs is 1. The number of alkyl halides is 3. The predicted molar refractivity (Wildman–Crippen MR) is 152 cm³/mol. The number of aliphatic hydroxyl groups excluding tert-OH is 2. The first-order valence-electron chi connectivity index (χ1n) is 12.8. The van der Waals surface area contributed by atoms with Crippen molar-refractivity contribution < 1.29 is 28.2 Å². The molecule has 1 unspecified atom stereocenters. The molecule has 10 nitrogen and oxygen atoms in total. The smallest absolute Gasteiger partial charge is 0.394 e. The lowest BCUT2D eigenvalue weighted by Gasteiger charge is -2.15. The van der Waals surface area contributed by atoms with E-state index < -0.39 is 30.4 Å². The zero-order valence-corrected chi connectivity index (χ0v) is 22.2. The van der Waals surface area contributed by atoms with Gasteiger partial charge < -0.3 is 26.2 Å². The summed E-state index contributed by atoms with van der Waals surface area (Å²) in [6.07, 6.45) is -4.17. The Morgan fingerprint density at radius 3 is 2.62 bits per heavy atom. The molecule has 0 fully saturated rings. The highest BCUT2D eigenvalue weighted by Crippen LogP contribution is 2.31. The highest BCUT2D eigenvalue weighted by atomic mass is 19.4. The van der Waals surface area contributed by atoms with Crippen LogP contribution in [0.25, 0.3) is 16.9 Å². The highest BCUT2D eigenvalue weighted by molar-refractivity contribution is 6.04. The summed E-state index contributed by atoms with van der Waals surface area (Å²) >= 11 is 0. The van der Waals surface area contributed by atoms with Gasteiger partial charge in [0, 0.05) is 29.5 Å². The van der Waals surface area contributed by atoms with Crippen LogP contribution in [0.4, 0.5) is 36.3 Å². The van der Waals surface area contributed by atoms with E-state index in [1.54, 1.807) is 28.8 Å². The van der Waals surface area contributed by atoms with Crippen molar-refractivity contribution in [3.05, 3.63) is 95.8 Å². The van der Waals surface area contributed by atoms with E-state index in [0.29, 0.717) is 34.5 Å². The molecule has 5 N–H and O–H groups in total. The van der Waals surface area contributed by atoms with E-state index in [0.717, 1.165) is 23.2 Å². The molecule has 1 amide bonds. The van der Waals surface area contributed by atoms with Crippen LogP contribution in [0, 0.1) is 6.92 Å². The number of carbonyl (C=O) groups excluding carboxylic acids is 1. The summed E-state index contributed by atoms with van der Waals surface area (Å²) in [4.78, 5) is 26.1. The number of hydrogen-bond acceptors (Lipinski definition) is 8. The van der Waals surface area contributed by atoms with Gasteiger partial charge in [-0.1, -0.05) is 24.3 Å². The number of rotatable bonds is 9. The van der Waals surface area contributed by atoms with Crippen molar-refractivity contribution in [3.8, 4) is 5.82 Å². The summed E-state index contributed by atoms with van der Waals surface area (Å²) in [6.45, 7) is 1.54. The van der Waals surface area contributed by atoms with Crippen LogP contribution in [0.5, 0.6) is 0 Å². The minimum absolute atomic E-state index is 0.0843. The first-order valence-corrected chi connectivity index (χ1v) is 12.8. The molecule has 0 aliphatic heterocycles. The van der Waals surface area contributed by atoms with Crippen LogP contribution in [-0.4, -0.2) is 54.9 Å². The van der Waals surface area contributed by atoms with Gasteiger partial charge in [0.15, 0.2) is 0 Å². The van der Waals surface area contributed by atoms with E-state index in [9.17, 15) is 23.1 Å². The molecule has 0 aliphatic rings. The quantitative estimate of drug-likeness (QED) is 0.167. The van der Waals surface area contributed by atoms with Crippen LogP contribution in [-0.2, 0) is 6.18 Å². The second kappa shape index (κ2) is 11.8. The molecule has 0 aliphatic carbocycles. The van der Waals surface area contributed by atoms with Crippen molar-refractivity contribution in [2.75, 3.05) is 29.1 Å². The predicted octanol–water partition coefficient (Wildman–Crippen LogP) is 4.90. The van der Waals surface area contributed by atoms with Gasteiger partial charge >= 0.3 is 6.18 Å². The maximum absolute atomic E-state index is 13.1. The van der Waals surface area contributed by atoms with Crippen molar-refractivity contribution in [1.29, 1.82) is 0 Å². The fraction of sp³-hybridized carbons (Fsp3) is 0.172.